The molecule has 0 saturated carbocycles. The molecule has 1 aliphatic heterocycles. The van der Waals surface area contributed by atoms with E-state index in [9.17, 15) is 0 Å². The molecule has 1 aliphatic rings. The van der Waals surface area contributed by atoms with E-state index in [1.54, 1.807) is 18.4 Å². The first kappa shape index (κ1) is 12.0. The summed E-state index contributed by atoms with van der Waals surface area (Å²) >= 11 is 1.76. The molecule has 3 nitrogen and oxygen atoms in total. The molecule has 1 fully saturated rings. The molecule has 1 aromatic rings. The van der Waals surface area contributed by atoms with Gasteiger partial charge in [-0.2, -0.15) is 0 Å². The average molecular weight is 240 g/mol. The van der Waals surface area contributed by atoms with Crippen LogP contribution in [0.15, 0.2) is 5.38 Å². The van der Waals surface area contributed by atoms with Gasteiger partial charge in [-0.15, -0.1) is 11.3 Å². The lowest BCUT2D eigenvalue weighted by Crippen LogP contribution is -2.17. The molecule has 0 aliphatic carbocycles. The van der Waals surface area contributed by atoms with Crippen LogP contribution in [-0.2, 0) is 10.2 Å². The Labute approximate surface area is 101 Å². The molecule has 1 saturated heterocycles. The molecule has 0 spiro atoms. The highest BCUT2D eigenvalue weighted by molar-refractivity contribution is 7.09. The molecule has 1 aromatic heterocycles. The van der Waals surface area contributed by atoms with Crippen molar-refractivity contribution in [3.05, 3.63) is 16.1 Å². The molecule has 0 bridgehead atoms. The minimum Gasteiger partial charge on any atom is -0.380 e. The van der Waals surface area contributed by atoms with Crippen molar-refractivity contribution in [3.63, 3.8) is 0 Å². The fourth-order valence-electron chi connectivity index (χ4n) is 1.90. The maximum Gasteiger partial charge on any atom is 0.0982 e. The molecule has 2 atom stereocenters. The smallest absolute Gasteiger partial charge is 0.0982 e. The van der Waals surface area contributed by atoms with Crippen molar-refractivity contribution < 1.29 is 4.74 Å². The van der Waals surface area contributed by atoms with Crippen molar-refractivity contribution in [2.24, 2.45) is 0 Å². The predicted octanol–water partition coefficient (Wildman–Crippen LogP) is 2.49. The molecular weight excluding hydrogens is 220 g/mol. The molecule has 2 unspecified atom stereocenters. The van der Waals surface area contributed by atoms with E-state index < -0.39 is 0 Å². The molecular formula is C12H20N2OS. The van der Waals surface area contributed by atoms with Crippen molar-refractivity contribution in [2.75, 3.05) is 13.7 Å². The van der Waals surface area contributed by atoms with E-state index in [0.717, 1.165) is 13.0 Å². The van der Waals surface area contributed by atoms with Crippen molar-refractivity contribution in [3.8, 4) is 0 Å². The summed E-state index contributed by atoms with van der Waals surface area (Å²) in [6, 6.07) is 0.372. The normalized spacial score (nSPS) is 26.2. The number of thiazole rings is 1. The third-order valence-electron chi connectivity index (χ3n) is 2.94. The quantitative estimate of drug-likeness (QED) is 0.862. The molecule has 2 rings (SSSR count). The Morgan fingerprint density at radius 2 is 2.25 bits per heavy atom. The first-order valence-corrected chi connectivity index (χ1v) is 6.60. The van der Waals surface area contributed by atoms with Crippen LogP contribution in [0.2, 0.25) is 0 Å². The molecule has 90 valence electrons. The minimum absolute atomic E-state index is 0.155. The number of hydrogen-bond acceptors (Lipinski definition) is 4. The van der Waals surface area contributed by atoms with Gasteiger partial charge in [0, 0.05) is 24.4 Å². The van der Waals surface area contributed by atoms with E-state index in [1.165, 1.54) is 10.7 Å². The first-order valence-electron chi connectivity index (χ1n) is 5.73. The van der Waals surface area contributed by atoms with E-state index in [2.05, 4.69) is 31.5 Å². The topological polar surface area (TPSA) is 34.1 Å². The van der Waals surface area contributed by atoms with E-state index in [0.29, 0.717) is 12.1 Å². The lowest BCUT2D eigenvalue weighted by Gasteiger charge is -2.14. The van der Waals surface area contributed by atoms with Gasteiger partial charge in [0.25, 0.3) is 0 Å². The Bertz CT molecular complexity index is 356. The Balaban J connectivity index is 2.08. The maximum atomic E-state index is 5.35. The summed E-state index contributed by atoms with van der Waals surface area (Å²) in [5.41, 5.74) is 1.33. The SMILES string of the molecule is COC1CNC(c2csc(C(C)(C)C)n2)C1. The summed E-state index contributed by atoms with van der Waals surface area (Å²) in [5.74, 6) is 0. The predicted molar refractivity (Wildman–Crippen MR) is 67.0 cm³/mol. The number of hydrogen-bond donors (Lipinski definition) is 1. The zero-order valence-electron chi connectivity index (χ0n) is 10.4. The lowest BCUT2D eigenvalue weighted by molar-refractivity contribution is 0.117. The van der Waals surface area contributed by atoms with Gasteiger partial charge in [-0.25, -0.2) is 4.98 Å². The molecule has 4 heteroatoms. The second-order valence-electron chi connectivity index (χ2n) is 5.38. The van der Waals surface area contributed by atoms with Crippen LogP contribution in [0.5, 0.6) is 0 Å². The van der Waals surface area contributed by atoms with Crippen molar-refractivity contribution in [1.29, 1.82) is 0 Å². The fraction of sp³-hybridized carbons (Fsp3) is 0.750. The van der Waals surface area contributed by atoms with Gasteiger partial charge in [0.2, 0.25) is 0 Å². The van der Waals surface area contributed by atoms with Gasteiger partial charge in [-0.3, -0.25) is 0 Å². The number of rotatable bonds is 2. The summed E-state index contributed by atoms with van der Waals surface area (Å²) in [5, 5.41) is 6.85. The molecule has 0 radical (unpaired) electrons. The minimum atomic E-state index is 0.155. The van der Waals surface area contributed by atoms with E-state index >= 15 is 0 Å². The van der Waals surface area contributed by atoms with Crippen molar-refractivity contribution >= 4 is 11.3 Å². The van der Waals surface area contributed by atoms with Gasteiger partial charge >= 0.3 is 0 Å². The summed E-state index contributed by atoms with van der Waals surface area (Å²) in [6.45, 7) is 7.55. The first-order chi connectivity index (χ1) is 7.50. The standard InChI is InChI=1S/C12H20N2OS/c1-12(2,3)11-14-10(7-16-11)9-5-8(15-4)6-13-9/h7-9,13H,5-6H2,1-4H3. The summed E-state index contributed by atoms with van der Waals surface area (Å²) < 4.78 is 5.35. The molecule has 1 N–H and O–H groups in total. The zero-order chi connectivity index (χ0) is 11.8. The fourth-order valence-corrected chi connectivity index (χ4v) is 2.86. The van der Waals surface area contributed by atoms with Crippen molar-refractivity contribution in [1.82, 2.24) is 10.3 Å². The van der Waals surface area contributed by atoms with Crippen LogP contribution in [0, 0.1) is 0 Å². The van der Waals surface area contributed by atoms with Crippen LogP contribution in [0.25, 0.3) is 0 Å². The maximum absolute atomic E-state index is 5.35. The largest absolute Gasteiger partial charge is 0.380 e. The summed E-state index contributed by atoms with van der Waals surface area (Å²) in [4.78, 5) is 4.73. The van der Waals surface area contributed by atoms with E-state index in [1.807, 2.05) is 0 Å². The summed E-state index contributed by atoms with van der Waals surface area (Å²) in [7, 11) is 1.77. The molecule has 0 amide bonds. The monoisotopic (exact) mass is 240 g/mol. The Hall–Kier alpha value is -0.450. The Kier molecular flexibility index (Phi) is 3.33. The van der Waals surface area contributed by atoms with Gasteiger partial charge in [0.15, 0.2) is 0 Å². The summed E-state index contributed by atoms with van der Waals surface area (Å²) in [6.07, 6.45) is 1.37. The number of aromatic nitrogens is 1. The van der Waals surface area contributed by atoms with Crippen LogP contribution in [-0.4, -0.2) is 24.7 Å². The Morgan fingerprint density at radius 1 is 1.50 bits per heavy atom. The number of nitrogens with zero attached hydrogens (tertiary/aromatic N) is 1. The molecule has 16 heavy (non-hydrogen) atoms. The highest BCUT2D eigenvalue weighted by Crippen LogP contribution is 2.30. The Morgan fingerprint density at radius 3 is 2.75 bits per heavy atom. The number of ether oxygens (including phenoxy) is 1. The van der Waals surface area contributed by atoms with Crippen LogP contribution in [0.4, 0.5) is 0 Å². The van der Waals surface area contributed by atoms with Gasteiger partial charge in [0.05, 0.1) is 22.8 Å². The van der Waals surface area contributed by atoms with E-state index in [4.69, 9.17) is 9.72 Å². The molecule has 0 aromatic carbocycles. The lowest BCUT2D eigenvalue weighted by atomic mass is 9.98. The van der Waals surface area contributed by atoms with Gasteiger partial charge in [0.1, 0.15) is 0 Å². The van der Waals surface area contributed by atoms with Gasteiger partial charge < -0.3 is 10.1 Å². The third-order valence-corrected chi connectivity index (χ3v) is 4.23. The molecule has 2 heterocycles. The van der Waals surface area contributed by atoms with Crippen molar-refractivity contribution in [2.45, 2.75) is 44.8 Å². The number of methoxy groups -OCH3 is 1. The average Bonchev–Trinajstić information content (AvgIpc) is 2.85. The van der Waals surface area contributed by atoms with Crippen LogP contribution >= 0.6 is 11.3 Å². The van der Waals surface area contributed by atoms with Gasteiger partial charge in [-0.1, -0.05) is 20.8 Å². The highest BCUT2D eigenvalue weighted by atomic mass is 32.1. The van der Waals surface area contributed by atoms with Crippen LogP contribution < -0.4 is 5.32 Å². The van der Waals surface area contributed by atoms with Gasteiger partial charge in [-0.05, 0) is 6.42 Å². The zero-order valence-corrected chi connectivity index (χ0v) is 11.2. The second kappa shape index (κ2) is 4.43. The van der Waals surface area contributed by atoms with Crippen LogP contribution in [0.1, 0.15) is 43.9 Å². The van der Waals surface area contributed by atoms with Crippen LogP contribution in [0.3, 0.4) is 0 Å². The third kappa shape index (κ3) is 2.44. The second-order valence-corrected chi connectivity index (χ2v) is 6.24. The number of nitrogens with one attached hydrogen (secondary N) is 1. The highest BCUT2D eigenvalue weighted by Gasteiger charge is 2.28. The van der Waals surface area contributed by atoms with E-state index in [-0.39, 0.29) is 5.41 Å².